The van der Waals surface area contributed by atoms with Gasteiger partial charge in [-0.2, -0.15) is 0 Å². The van der Waals surface area contributed by atoms with Crippen LogP contribution in [0.5, 0.6) is 17.2 Å². The van der Waals surface area contributed by atoms with Crippen LogP contribution in [-0.2, 0) is 26.8 Å². The van der Waals surface area contributed by atoms with Gasteiger partial charge in [-0.3, -0.25) is 4.79 Å². The van der Waals surface area contributed by atoms with E-state index in [1.54, 1.807) is 36.4 Å². The molecule has 0 aliphatic rings. The number of nitrogens with one attached hydrogen (secondary N) is 2. The molecule has 0 aromatic heterocycles. The van der Waals surface area contributed by atoms with E-state index in [2.05, 4.69) is 30.8 Å². The molecule has 0 bridgehead atoms. The highest BCUT2D eigenvalue weighted by atomic mass is 32.2. The Morgan fingerprint density at radius 3 is 1.97 bits per heavy atom. The number of ether oxygens (including phenoxy) is 3. The van der Waals surface area contributed by atoms with E-state index in [-0.39, 0.29) is 35.7 Å². The number of methoxy groups -OCH3 is 3. The van der Waals surface area contributed by atoms with Crippen LogP contribution in [0.1, 0.15) is 38.3 Å². The van der Waals surface area contributed by atoms with Gasteiger partial charge in [0.1, 0.15) is 0 Å². The van der Waals surface area contributed by atoms with Crippen molar-refractivity contribution in [1.29, 1.82) is 0 Å². The van der Waals surface area contributed by atoms with Crippen LogP contribution >= 0.6 is 0 Å². The van der Waals surface area contributed by atoms with Crippen molar-refractivity contribution in [2.75, 3.05) is 27.9 Å². The molecule has 0 unspecified atom stereocenters. The summed E-state index contributed by atoms with van der Waals surface area (Å²) in [7, 11) is 0.860. The summed E-state index contributed by atoms with van der Waals surface area (Å²) in [6.07, 6.45) is 0.00370. The molecule has 0 saturated heterocycles. The summed E-state index contributed by atoms with van der Waals surface area (Å²) in [5, 5.41) is 2.76. The van der Waals surface area contributed by atoms with Crippen LogP contribution < -0.4 is 24.2 Å². The molecule has 8 nitrogen and oxygen atoms in total. The molecule has 0 fully saturated rings. The number of sulfonamides is 1. The normalized spacial score (nSPS) is 11.7. The molecular formula is C23H32N2O6S. The number of amides is 1. The average Bonchev–Trinajstić information content (AvgIpc) is 2.76. The van der Waals surface area contributed by atoms with Gasteiger partial charge in [0, 0.05) is 19.5 Å². The average molecular weight is 465 g/mol. The highest BCUT2D eigenvalue weighted by Gasteiger charge is 2.18. The van der Waals surface area contributed by atoms with Gasteiger partial charge in [0.05, 0.1) is 26.2 Å². The van der Waals surface area contributed by atoms with E-state index in [9.17, 15) is 13.2 Å². The van der Waals surface area contributed by atoms with Crippen LogP contribution in [0.15, 0.2) is 41.3 Å². The number of benzene rings is 2. The summed E-state index contributed by atoms with van der Waals surface area (Å²) < 4.78 is 43.3. The van der Waals surface area contributed by atoms with Gasteiger partial charge >= 0.3 is 0 Å². The lowest BCUT2D eigenvalue weighted by Gasteiger charge is -2.19. The molecule has 1 amide bonds. The summed E-state index contributed by atoms with van der Waals surface area (Å²) in [6, 6.07) is 10.2. The number of rotatable bonds is 10. The van der Waals surface area contributed by atoms with Crippen molar-refractivity contribution in [2.45, 2.75) is 44.0 Å². The van der Waals surface area contributed by atoms with Crippen molar-refractivity contribution in [3.63, 3.8) is 0 Å². The van der Waals surface area contributed by atoms with Crippen molar-refractivity contribution in [3.8, 4) is 17.2 Å². The summed E-state index contributed by atoms with van der Waals surface area (Å²) in [4.78, 5) is 12.4. The first kappa shape index (κ1) is 25.5. The lowest BCUT2D eigenvalue weighted by atomic mass is 9.87. The molecule has 0 aliphatic heterocycles. The minimum absolute atomic E-state index is 0.00370. The first-order valence-corrected chi connectivity index (χ1v) is 11.7. The Bertz CT molecular complexity index is 1000. The topological polar surface area (TPSA) is 103 Å². The highest BCUT2D eigenvalue weighted by molar-refractivity contribution is 7.89. The lowest BCUT2D eigenvalue weighted by molar-refractivity contribution is -0.121. The van der Waals surface area contributed by atoms with Crippen molar-refractivity contribution in [1.82, 2.24) is 10.0 Å². The van der Waals surface area contributed by atoms with E-state index >= 15 is 0 Å². The van der Waals surface area contributed by atoms with Gasteiger partial charge in [-0.05, 0) is 40.8 Å². The van der Waals surface area contributed by atoms with Crippen molar-refractivity contribution < 1.29 is 27.4 Å². The molecule has 32 heavy (non-hydrogen) atoms. The summed E-state index contributed by atoms with van der Waals surface area (Å²) in [5.41, 5.74) is 1.74. The largest absolute Gasteiger partial charge is 0.493 e. The van der Waals surface area contributed by atoms with E-state index in [1.165, 1.54) is 21.3 Å². The maximum absolute atomic E-state index is 12.5. The Balaban J connectivity index is 1.91. The molecule has 2 N–H and O–H groups in total. The zero-order valence-electron chi connectivity index (χ0n) is 19.4. The van der Waals surface area contributed by atoms with Crippen LogP contribution in [0, 0.1) is 0 Å². The first-order chi connectivity index (χ1) is 15.0. The Morgan fingerprint density at radius 1 is 0.938 bits per heavy atom. The van der Waals surface area contributed by atoms with Crippen molar-refractivity contribution >= 4 is 15.9 Å². The Hall–Kier alpha value is -2.78. The second-order valence-electron chi connectivity index (χ2n) is 8.23. The summed E-state index contributed by atoms with van der Waals surface area (Å²) >= 11 is 0. The van der Waals surface area contributed by atoms with E-state index < -0.39 is 10.0 Å². The van der Waals surface area contributed by atoms with Gasteiger partial charge in [0.2, 0.25) is 21.7 Å². The minimum Gasteiger partial charge on any atom is -0.493 e. The maximum atomic E-state index is 12.5. The third-order valence-electron chi connectivity index (χ3n) is 4.89. The molecule has 0 saturated carbocycles. The molecule has 0 aliphatic carbocycles. The van der Waals surface area contributed by atoms with Gasteiger partial charge in [-0.25, -0.2) is 13.1 Å². The molecule has 0 spiro atoms. The molecular weight excluding hydrogens is 432 g/mol. The second-order valence-corrected chi connectivity index (χ2v) is 10.00. The maximum Gasteiger partial charge on any atom is 0.240 e. The molecule has 2 aromatic carbocycles. The van der Waals surface area contributed by atoms with E-state index in [1.807, 2.05) is 0 Å². The molecule has 0 atom stereocenters. The Labute approximate surface area is 190 Å². The lowest BCUT2D eigenvalue weighted by Crippen LogP contribution is -2.30. The Morgan fingerprint density at radius 2 is 1.50 bits per heavy atom. The molecule has 176 valence electrons. The standard InChI is InChI=1S/C23H32N2O6S/c1-23(2,3)17-7-9-18(10-8-17)32(27,28)25-12-11-21(26)24-15-16-13-19(29-4)22(31-6)20(14-16)30-5/h7-10,13-14,25H,11-12,15H2,1-6H3,(H,24,26). The van der Waals surface area contributed by atoms with Crippen LogP contribution in [0.2, 0.25) is 0 Å². The number of hydrogen-bond acceptors (Lipinski definition) is 6. The van der Waals surface area contributed by atoms with Crippen LogP contribution in [0.25, 0.3) is 0 Å². The molecule has 0 heterocycles. The van der Waals surface area contributed by atoms with Gasteiger partial charge in [-0.1, -0.05) is 32.9 Å². The highest BCUT2D eigenvalue weighted by Crippen LogP contribution is 2.38. The fourth-order valence-corrected chi connectivity index (χ4v) is 4.07. The second kappa shape index (κ2) is 10.7. The van der Waals surface area contributed by atoms with Gasteiger partial charge < -0.3 is 19.5 Å². The molecule has 9 heteroatoms. The van der Waals surface area contributed by atoms with Crippen LogP contribution in [-0.4, -0.2) is 42.2 Å². The fraction of sp³-hybridized carbons (Fsp3) is 0.435. The third kappa shape index (κ3) is 6.61. The van der Waals surface area contributed by atoms with Gasteiger partial charge in [0.15, 0.2) is 11.5 Å². The number of carbonyl (C=O) groups is 1. The predicted molar refractivity (Wildman–Crippen MR) is 123 cm³/mol. The summed E-state index contributed by atoms with van der Waals surface area (Å²) in [6.45, 7) is 6.41. The Kier molecular flexibility index (Phi) is 8.51. The third-order valence-corrected chi connectivity index (χ3v) is 6.37. The summed E-state index contributed by atoms with van der Waals surface area (Å²) in [5.74, 6) is 1.15. The van der Waals surface area contributed by atoms with Gasteiger partial charge in [-0.15, -0.1) is 0 Å². The fourth-order valence-electron chi connectivity index (χ4n) is 3.04. The van der Waals surface area contributed by atoms with E-state index in [0.717, 1.165) is 11.1 Å². The van der Waals surface area contributed by atoms with E-state index in [4.69, 9.17) is 14.2 Å². The monoisotopic (exact) mass is 464 g/mol. The first-order valence-electron chi connectivity index (χ1n) is 10.2. The predicted octanol–water partition coefficient (Wildman–Crippen LogP) is 2.99. The zero-order chi connectivity index (χ0) is 23.9. The van der Waals surface area contributed by atoms with Crippen LogP contribution in [0.4, 0.5) is 0 Å². The minimum atomic E-state index is -3.69. The SMILES string of the molecule is COc1cc(CNC(=O)CCNS(=O)(=O)c2ccc(C(C)(C)C)cc2)cc(OC)c1OC. The zero-order valence-corrected chi connectivity index (χ0v) is 20.3. The molecule has 2 aromatic rings. The van der Waals surface area contributed by atoms with E-state index in [0.29, 0.717) is 17.2 Å². The molecule has 0 radical (unpaired) electrons. The van der Waals surface area contributed by atoms with Crippen LogP contribution in [0.3, 0.4) is 0 Å². The molecule has 2 rings (SSSR count). The quantitative estimate of drug-likeness (QED) is 0.560. The van der Waals surface area contributed by atoms with Gasteiger partial charge in [0.25, 0.3) is 0 Å². The smallest absolute Gasteiger partial charge is 0.240 e. The number of hydrogen-bond donors (Lipinski definition) is 2. The van der Waals surface area contributed by atoms with Crippen molar-refractivity contribution in [3.05, 3.63) is 47.5 Å². The van der Waals surface area contributed by atoms with Crippen molar-refractivity contribution in [2.24, 2.45) is 0 Å². The number of carbonyl (C=O) groups excluding carboxylic acids is 1.